The number of carbonyl (C=O) groups is 2. The first-order valence-corrected chi connectivity index (χ1v) is 23.7. The van der Waals surface area contributed by atoms with Gasteiger partial charge in [-0.15, -0.1) is 8.78 Å². The van der Waals surface area contributed by atoms with Crippen LogP contribution in [0.2, 0.25) is 0 Å². The minimum absolute atomic E-state index is 0.0183. The minimum atomic E-state index is -3.85. The Kier molecular flexibility index (Phi) is 11.2. The molecule has 2 aliphatic carbocycles. The van der Waals surface area contributed by atoms with E-state index >= 15 is 0 Å². The third-order valence-electron chi connectivity index (χ3n) is 13.2. The number of fused-ring (bicyclic) bond motifs is 3. The highest BCUT2D eigenvalue weighted by Gasteiger charge is 2.53. The molecule has 5 aromatic carbocycles. The number of hydrogen-bond donors (Lipinski definition) is 3. The number of nitrogens with two attached hydrogens (primary N) is 1. The van der Waals surface area contributed by atoms with Gasteiger partial charge in [0.05, 0.1) is 28.5 Å². The van der Waals surface area contributed by atoms with Gasteiger partial charge in [0.25, 0.3) is 0 Å². The molecule has 0 bridgehead atoms. The van der Waals surface area contributed by atoms with Crippen molar-refractivity contribution in [2.24, 2.45) is 5.14 Å². The van der Waals surface area contributed by atoms with E-state index in [2.05, 4.69) is 54.1 Å². The smallest absolute Gasteiger partial charge is 0.497 e. The maximum Gasteiger partial charge on any atom is 0.586 e. The van der Waals surface area contributed by atoms with Crippen LogP contribution in [0.4, 0.5) is 26.2 Å². The molecule has 4 aliphatic rings. The largest absolute Gasteiger partial charge is 0.586 e. The quantitative estimate of drug-likeness (QED) is 0.120. The number of pyridine rings is 2. The van der Waals surface area contributed by atoms with E-state index in [0.29, 0.717) is 41.3 Å². The normalized spacial score (nSPS) is 17.5. The van der Waals surface area contributed by atoms with Crippen molar-refractivity contribution in [3.05, 3.63) is 139 Å². The van der Waals surface area contributed by atoms with Crippen molar-refractivity contribution in [1.82, 2.24) is 14.9 Å². The molecule has 1 saturated heterocycles. The maximum atomic E-state index is 13.4. The van der Waals surface area contributed by atoms with E-state index in [1.54, 1.807) is 31.4 Å². The third-order valence-corrected chi connectivity index (χ3v) is 14.1. The lowest BCUT2D eigenvalue weighted by Gasteiger charge is -2.34. The number of benzene rings is 5. The first kappa shape index (κ1) is 44.6. The Morgan fingerprint density at radius 1 is 0.676 bits per heavy atom. The molecule has 2 amide bonds. The summed E-state index contributed by atoms with van der Waals surface area (Å²) in [5.41, 5.74) is 1.40. The fourth-order valence-corrected chi connectivity index (χ4v) is 9.48. The lowest BCUT2D eigenvalue weighted by atomic mass is 9.94. The molecule has 4 heterocycles. The van der Waals surface area contributed by atoms with E-state index in [1.165, 1.54) is 24.3 Å². The average molecular weight is 940 g/mol. The second kappa shape index (κ2) is 17.1. The van der Waals surface area contributed by atoms with Gasteiger partial charge < -0.3 is 34.6 Å². The fourth-order valence-electron chi connectivity index (χ4n) is 8.96. The Labute approximate surface area is 391 Å². The van der Waals surface area contributed by atoms with Gasteiger partial charge in [0.15, 0.2) is 11.5 Å². The van der Waals surface area contributed by atoms with Gasteiger partial charge in [-0.05, 0) is 103 Å². The van der Waals surface area contributed by atoms with Crippen molar-refractivity contribution in [2.45, 2.75) is 47.7 Å². The van der Waals surface area contributed by atoms with E-state index in [0.717, 1.165) is 77.7 Å². The zero-order valence-electron chi connectivity index (χ0n) is 37.2. The van der Waals surface area contributed by atoms with Crippen LogP contribution >= 0.6 is 0 Å². The summed E-state index contributed by atoms with van der Waals surface area (Å²) >= 11 is 0. The molecular weight excluding hydrogens is 893 g/mol. The molecule has 2 saturated carbocycles. The number of likely N-dealkylation sites (N-methyl/N-ethyl adjacent to an activating group) is 1. The number of primary sulfonamides is 1. The molecule has 0 atom stereocenters. The predicted octanol–water partition coefficient (Wildman–Crippen LogP) is 8.21. The van der Waals surface area contributed by atoms with Crippen molar-refractivity contribution < 1.29 is 41.0 Å². The first-order chi connectivity index (χ1) is 32.6. The zero-order chi connectivity index (χ0) is 47.4. The van der Waals surface area contributed by atoms with Crippen LogP contribution in [0.25, 0.3) is 32.8 Å². The Bertz CT molecular complexity index is 3210. The number of carbonyl (C=O) groups excluding carboxylic acids is 2. The molecule has 0 unspecified atom stereocenters. The molecule has 3 fully saturated rings. The van der Waals surface area contributed by atoms with Crippen LogP contribution in [0.3, 0.4) is 0 Å². The molecule has 17 heteroatoms. The minimum Gasteiger partial charge on any atom is -0.497 e. The van der Waals surface area contributed by atoms with Gasteiger partial charge in [-0.25, -0.2) is 23.5 Å². The summed E-state index contributed by atoms with van der Waals surface area (Å²) < 4.78 is 64.4. The number of amides is 2. The van der Waals surface area contributed by atoms with E-state index in [1.807, 2.05) is 66.7 Å². The van der Waals surface area contributed by atoms with Gasteiger partial charge in [0.1, 0.15) is 23.2 Å². The highest BCUT2D eigenvalue weighted by atomic mass is 32.2. The Morgan fingerprint density at radius 3 is 1.82 bits per heavy atom. The lowest BCUT2D eigenvalue weighted by molar-refractivity contribution is -0.286. The van der Waals surface area contributed by atoms with E-state index < -0.39 is 27.1 Å². The van der Waals surface area contributed by atoms with Crippen LogP contribution in [0.1, 0.15) is 36.8 Å². The van der Waals surface area contributed by atoms with Crippen molar-refractivity contribution in [3.8, 4) is 28.5 Å². The predicted molar refractivity (Wildman–Crippen MR) is 255 cm³/mol. The zero-order valence-corrected chi connectivity index (χ0v) is 38.0. The first-order valence-electron chi connectivity index (χ1n) is 22.2. The monoisotopic (exact) mass is 939 g/mol. The number of hydrogen-bond acceptors (Lipinski definition) is 11. The van der Waals surface area contributed by atoms with Gasteiger partial charge in [0.2, 0.25) is 21.8 Å². The van der Waals surface area contributed by atoms with E-state index in [4.69, 9.17) is 14.9 Å². The third kappa shape index (κ3) is 8.75. The summed E-state index contributed by atoms with van der Waals surface area (Å²) in [6.45, 7) is 3.88. The Balaban J connectivity index is 0.000000161. The Hall–Kier alpha value is -7.21. The highest BCUT2D eigenvalue weighted by molar-refractivity contribution is 7.89. The number of anilines is 3. The van der Waals surface area contributed by atoms with Crippen molar-refractivity contribution in [1.29, 1.82) is 0 Å². The van der Waals surface area contributed by atoms with Gasteiger partial charge in [-0.3, -0.25) is 9.59 Å². The molecule has 7 aromatic rings. The maximum absolute atomic E-state index is 13.4. The summed E-state index contributed by atoms with van der Waals surface area (Å²) in [5.74, 6) is 2.17. The molecule has 348 valence electrons. The van der Waals surface area contributed by atoms with Crippen molar-refractivity contribution in [2.75, 3.05) is 55.9 Å². The topological polar surface area (TPSA) is 178 Å². The van der Waals surface area contributed by atoms with E-state index in [9.17, 15) is 26.8 Å². The molecule has 14 nitrogen and oxygen atoms in total. The number of nitrogens with one attached hydrogen (secondary N) is 2. The van der Waals surface area contributed by atoms with Crippen LogP contribution in [0.5, 0.6) is 17.2 Å². The molecule has 0 spiro atoms. The molecule has 68 heavy (non-hydrogen) atoms. The number of alkyl halides is 2. The fraction of sp³-hybridized carbons (Fsp3) is 0.255. The molecule has 2 aliphatic heterocycles. The number of rotatable bonds is 10. The summed E-state index contributed by atoms with van der Waals surface area (Å²) in [5, 5.41) is 15.1. The highest BCUT2D eigenvalue weighted by Crippen LogP contribution is 2.53. The molecular formula is C51H47F2N7O7S. The Morgan fingerprint density at radius 2 is 1.22 bits per heavy atom. The van der Waals surface area contributed by atoms with Crippen molar-refractivity contribution >= 4 is 60.8 Å². The lowest BCUT2D eigenvalue weighted by Crippen LogP contribution is -2.45. The number of ether oxygens (including phenoxy) is 3. The standard InChI is InChI=1S/C26H19F2N3O5S.C25H28N4O2/c27-26(28)35-20-10-7-17(14-21(20)36-26)25(11-12-25)24(32)31-22-13-16-3-1-2-4-19(16)23(30-22)15-5-8-18(9-6-15)37(29,33)34;1-28-13-15-29(16-14-28)23-21-6-4-3-5-18(21)17-22(26-23)27-24(30)25(11-12-25)19-7-9-20(31-2)10-8-19/h1-10,13-14H,11-12H2,(H2,29,33,34)(H,30,31,32);3-10,17H,11-16H2,1-2H3,(H,26,27,30). The number of methoxy groups -OCH3 is 1. The second-order valence-electron chi connectivity index (χ2n) is 17.6. The number of halogens is 2. The van der Waals surface area contributed by atoms with E-state index in [-0.39, 0.29) is 28.2 Å². The molecule has 4 N–H and O–H groups in total. The summed E-state index contributed by atoms with van der Waals surface area (Å²) in [7, 11) is -0.0529. The second-order valence-corrected chi connectivity index (χ2v) is 19.2. The molecule has 0 radical (unpaired) electrons. The van der Waals surface area contributed by atoms with Crippen LogP contribution in [0, 0.1) is 0 Å². The summed E-state index contributed by atoms with van der Waals surface area (Å²) in [6, 6.07) is 37.7. The number of piperazine rings is 1. The van der Waals surface area contributed by atoms with Crippen LogP contribution in [-0.4, -0.2) is 81.7 Å². The number of nitrogens with zero attached hydrogens (tertiary/aromatic N) is 4. The van der Waals surface area contributed by atoms with Gasteiger partial charge in [-0.1, -0.05) is 78.9 Å². The van der Waals surface area contributed by atoms with Crippen molar-refractivity contribution in [3.63, 3.8) is 0 Å². The molecule has 11 rings (SSSR count). The average Bonchev–Trinajstić information content (AvgIpc) is 4.28. The SMILES string of the molecule is COc1ccc(C2(C(=O)Nc3cc4ccccc4c(N4CCN(C)CC4)n3)CC2)cc1.NS(=O)(=O)c1ccc(-c2nc(NC(=O)C3(c4ccc5c(c4)OC(F)(F)O5)CC3)cc3ccccc23)cc1. The van der Waals surface area contributed by atoms with Crippen LogP contribution in [-0.2, 0) is 30.4 Å². The molecule has 2 aromatic heterocycles. The van der Waals surface area contributed by atoms with Gasteiger partial charge in [-0.2, -0.15) is 0 Å². The van der Waals surface area contributed by atoms with Crippen LogP contribution < -0.4 is 34.9 Å². The summed E-state index contributed by atoms with van der Waals surface area (Å²) in [6.07, 6.45) is -0.972. The number of sulfonamides is 1. The summed E-state index contributed by atoms with van der Waals surface area (Å²) in [4.78, 5) is 40.9. The van der Waals surface area contributed by atoms with Gasteiger partial charge >= 0.3 is 6.29 Å². The van der Waals surface area contributed by atoms with Crippen LogP contribution in [0.15, 0.2) is 132 Å². The van der Waals surface area contributed by atoms with Gasteiger partial charge in [0, 0.05) is 42.5 Å². The number of aromatic nitrogens is 2.